The monoisotopic (exact) mass is 233 g/mol. The zero-order chi connectivity index (χ0) is 12.3. The fraction of sp³-hybridized carbons (Fsp3) is 0.462. The second kappa shape index (κ2) is 5.19. The van der Waals surface area contributed by atoms with Crippen molar-refractivity contribution in [2.24, 2.45) is 12.8 Å². The first-order chi connectivity index (χ1) is 8.22. The maximum atomic E-state index is 6.19. The van der Waals surface area contributed by atoms with Crippen LogP contribution in [0.2, 0.25) is 0 Å². The molecule has 17 heavy (non-hydrogen) atoms. The number of nitrogens with zero attached hydrogens (tertiary/aromatic N) is 2. The minimum atomic E-state index is 0.0404. The van der Waals surface area contributed by atoms with Crippen molar-refractivity contribution < 1.29 is 4.42 Å². The molecule has 2 rings (SSSR count). The van der Waals surface area contributed by atoms with Crippen molar-refractivity contribution >= 4 is 0 Å². The van der Waals surface area contributed by atoms with Crippen molar-refractivity contribution in [2.75, 3.05) is 0 Å². The SMILES string of the molecule is CCc1occc1C(N)CCc1ccnn1C. The van der Waals surface area contributed by atoms with Gasteiger partial charge >= 0.3 is 0 Å². The van der Waals surface area contributed by atoms with E-state index in [4.69, 9.17) is 10.2 Å². The summed E-state index contributed by atoms with van der Waals surface area (Å²) >= 11 is 0. The molecule has 0 saturated carbocycles. The third-order valence-corrected chi connectivity index (χ3v) is 3.13. The van der Waals surface area contributed by atoms with Crippen LogP contribution in [0.25, 0.3) is 0 Å². The molecule has 0 saturated heterocycles. The highest BCUT2D eigenvalue weighted by atomic mass is 16.3. The molecule has 0 aromatic carbocycles. The van der Waals surface area contributed by atoms with Gasteiger partial charge in [0.15, 0.2) is 0 Å². The first-order valence-electron chi connectivity index (χ1n) is 6.01. The third-order valence-electron chi connectivity index (χ3n) is 3.13. The van der Waals surface area contributed by atoms with E-state index in [0.29, 0.717) is 0 Å². The lowest BCUT2D eigenvalue weighted by atomic mass is 10.0. The van der Waals surface area contributed by atoms with Crippen LogP contribution in [0, 0.1) is 0 Å². The van der Waals surface area contributed by atoms with E-state index in [1.807, 2.05) is 30.1 Å². The highest BCUT2D eigenvalue weighted by molar-refractivity contribution is 5.21. The molecule has 0 spiro atoms. The van der Waals surface area contributed by atoms with E-state index in [0.717, 1.165) is 30.6 Å². The molecular weight excluding hydrogens is 214 g/mol. The Hall–Kier alpha value is -1.55. The standard InChI is InChI=1S/C13H19N3O/c1-3-13-11(7-9-17-13)12(14)5-4-10-6-8-15-16(10)2/h6-9,12H,3-5,14H2,1-2H3. The number of hydrogen-bond donors (Lipinski definition) is 1. The molecule has 2 heterocycles. The Bertz CT molecular complexity index is 472. The fourth-order valence-corrected chi connectivity index (χ4v) is 2.07. The average molecular weight is 233 g/mol. The van der Waals surface area contributed by atoms with Gasteiger partial charge in [-0.25, -0.2) is 0 Å². The Kier molecular flexibility index (Phi) is 3.64. The summed E-state index contributed by atoms with van der Waals surface area (Å²) in [6.07, 6.45) is 6.27. The van der Waals surface area contributed by atoms with Crippen molar-refractivity contribution in [3.05, 3.63) is 41.6 Å². The molecule has 4 heteroatoms. The molecule has 0 fully saturated rings. The first-order valence-corrected chi connectivity index (χ1v) is 6.01. The van der Waals surface area contributed by atoms with E-state index in [9.17, 15) is 0 Å². The molecule has 0 radical (unpaired) electrons. The number of aryl methyl sites for hydroxylation is 3. The van der Waals surface area contributed by atoms with Crippen molar-refractivity contribution in [1.29, 1.82) is 0 Å². The van der Waals surface area contributed by atoms with E-state index in [-0.39, 0.29) is 6.04 Å². The van der Waals surface area contributed by atoms with Gasteiger partial charge in [0.05, 0.1) is 6.26 Å². The van der Waals surface area contributed by atoms with Crippen LogP contribution >= 0.6 is 0 Å². The summed E-state index contributed by atoms with van der Waals surface area (Å²) in [7, 11) is 1.95. The molecule has 92 valence electrons. The molecule has 0 bridgehead atoms. The Morgan fingerprint density at radius 2 is 2.29 bits per heavy atom. The van der Waals surface area contributed by atoms with Gasteiger partial charge in [0.1, 0.15) is 5.76 Å². The van der Waals surface area contributed by atoms with Crippen molar-refractivity contribution in [1.82, 2.24) is 9.78 Å². The largest absolute Gasteiger partial charge is 0.469 e. The Morgan fingerprint density at radius 3 is 2.94 bits per heavy atom. The van der Waals surface area contributed by atoms with Crippen LogP contribution in [-0.2, 0) is 19.9 Å². The van der Waals surface area contributed by atoms with Crippen molar-refractivity contribution in [2.45, 2.75) is 32.2 Å². The summed E-state index contributed by atoms with van der Waals surface area (Å²) in [5.41, 5.74) is 8.54. The second-order valence-electron chi connectivity index (χ2n) is 4.24. The summed E-state index contributed by atoms with van der Waals surface area (Å²) in [5, 5.41) is 4.15. The fourth-order valence-electron chi connectivity index (χ4n) is 2.07. The number of furan rings is 1. The highest BCUT2D eigenvalue weighted by Crippen LogP contribution is 2.22. The average Bonchev–Trinajstić information content (AvgIpc) is 2.94. The van der Waals surface area contributed by atoms with Gasteiger partial charge in [-0.2, -0.15) is 5.10 Å². The number of rotatable bonds is 5. The van der Waals surface area contributed by atoms with E-state index in [1.54, 1.807) is 6.26 Å². The topological polar surface area (TPSA) is 57.0 Å². The normalized spacial score (nSPS) is 12.9. The van der Waals surface area contributed by atoms with Crippen molar-refractivity contribution in [3.63, 3.8) is 0 Å². The number of aromatic nitrogens is 2. The molecule has 4 nitrogen and oxygen atoms in total. The summed E-state index contributed by atoms with van der Waals surface area (Å²) in [6, 6.07) is 4.05. The van der Waals surface area contributed by atoms with Crippen LogP contribution in [0.3, 0.4) is 0 Å². The lowest BCUT2D eigenvalue weighted by Crippen LogP contribution is -2.13. The number of hydrogen-bond acceptors (Lipinski definition) is 3. The molecular formula is C13H19N3O. The van der Waals surface area contributed by atoms with Crippen LogP contribution in [0.15, 0.2) is 29.0 Å². The molecule has 0 aliphatic heterocycles. The van der Waals surface area contributed by atoms with Gasteiger partial charge in [0.25, 0.3) is 0 Å². The Labute approximate surface area is 101 Å². The Morgan fingerprint density at radius 1 is 1.47 bits per heavy atom. The first kappa shape index (κ1) is 11.9. The molecule has 0 amide bonds. The van der Waals surface area contributed by atoms with Crippen LogP contribution in [0.5, 0.6) is 0 Å². The van der Waals surface area contributed by atoms with Gasteiger partial charge < -0.3 is 10.2 Å². The van der Waals surface area contributed by atoms with Crippen LogP contribution in [0.4, 0.5) is 0 Å². The molecule has 1 atom stereocenters. The van der Waals surface area contributed by atoms with Gasteiger partial charge in [-0.1, -0.05) is 6.92 Å². The summed E-state index contributed by atoms with van der Waals surface area (Å²) in [5.74, 6) is 1.00. The molecule has 0 aliphatic rings. The van der Waals surface area contributed by atoms with Gasteiger partial charge in [-0.3, -0.25) is 4.68 Å². The maximum Gasteiger partial charge on any atom is 0.108 e. The minimum absolute atomic E-state index is 0.0404. The van der Waals surface area contributed by atoms with E-state index >= 15 is 0 Å². The Balaban J connectivity index is 1.98. The minimum Gasteiger partial charge on any atom is -0.469 e. The van der Waals surface area contributed by atoms with E-state index in [2.05, 4.69) is 12.0 Å². The summed E-state index contributed by atoms with van der Waals surface area (Å²) in [4.78, 5) is 0. The highest BCUT2D eigenvalue weighted by Gasteiger charge is 2.13. The molecule has 2 aromatic heterocycles. The lowest BCUT2D eigenvalue weighted by Gasteiger charge is -2.11. The van der Waals surface area contributed by atoms with E-state index < -0.39 is 0 Å². The smallest absolute Gasteiger partial charge is 0.108 e. The zero-order valence-corrected chi connectivity index (χ0v) is 10.4. The summed E-state index contributed by atoms with van der Waals surface area (Å²) < 4.78 is 7.29. The number of nitrogens with two attached hydrogens (primary N) is 1. The lowest BCUT2D eigenvalue weighted by molar-refractivity contribution is 0.501. The van der Waals surface area contributed by atoms with Gasteiger partial charge in [-0.15, -0.1) is 0 Å². The van der Waals surface area contributed by atoms with Gasteiger partial charge in [0.2, 0.25) is 0 Å². The van der Waals surface area contributed by atoms with Crippen LogP contribution < -0.4 is 5.73 Å². The predicted molar refractivity (Wildman–Crippen MR) is 66.5 cm³/mol. The van der Waals surface area contributed by atoms with Crippen LogP contribution in [0.1, 0.15) is 36.4 Å². The van der Waals surface area contributed by atoms with Crippen LogP contribution in [-0.4, -0.2) is 9.78 Å². The van der Waals surface area contributed by atoms with Gasteiger partial charge in [-0.05, 0) is 25.0 Å². The zero-order valence-electron chi connectivity index (χ0n) is 10.4. The predicted octanol–water partition coefficient (Wildman–Crippen LogP) is 2.21. The molecule has 2 N–H and O–H groups in total. The third kappa shape index (κ3) is 2.58. The van der Waals surface area contributed by atoms with Crippen molar-refractivity contribution in [3.8, 4) is 0 Å². The second-order valence-corrected chi connectivity index (χ2v) is 4.24. The molecule has 2 aromatic rings. The van der Waals surface area contributed by atoms with E-state index in [1.165, 1.54) is 5.69 Å². The maximum absolute atomic E-state index is 6.19. The molecule has 1 unspecified atom stereocenters. The summed E-state index contributed by atoms with van der Waals surface area (Å²) in [6.45, 7) is 2.08. The quantitative estimate of drug-likeness (QED) is 0.861. The molecule has 0 aliphatic carbocycles. The van der Waals surface area contributed by atoms with Gasteiger partial charge in [0, 0.05) is 37.0 Å².